The molecule has 0 aliphatic carbocycles. The van der Waals surface area contributed by atoms with E-state index in [1.807, 2.05) is 37.3 Å². The van der Waals surface area contributed by atoms with Crippen LogP contribution in [0.4, 0.5) is 9.52 Å². The molecule has 4 aromatic carbocycles. The number of thioether (sulfide) groups is 1. The van der Waals surface area contributed by atoms with Crippen molar-refractivity contribution in [3.8, 4) is 5.75 Å². The maximum atomic E-state index is 14.1. The Balaban J connectivity index is 1.29. The molecular formula is C34H26FN3O4S2. The van der Waals surface area contributed by atoms with Crippen LogP contribution in [-0.2, 0) is 21.9 Å². The average Bonchev–Trinajstić information content (AvgIpc) is 3.62. The van der Waals surface area contributed by atoms with Crippen molar-refractivity contribution in [2.24, 2.45) is 0 Å². The Morgan fingerprint density at radius 3 is 2.32 bits per heavy atom. The molecule has 1 fully saturated rings. The molecule has 7 nitrogen and oxygen atoms in total. The lowest BCUT2D eigenvalue weighted by atomic mass is 9.95. The van der Waals surface area contributed by atoms with Gasteiger partial charge in [-0.3, -0.25) is 14.5 Å². The number of ketones is 1. The van der Waals surface area contributed by atoms with Crippen molar-refractivity contribution in [1.29, 1.82) is 0 Å². The molecule has 1 saturated heterocycles. The maximum absolute atomic E-state index is 14.1. The highest BCUT2D eigenvalue weighted by atomic mass is 32.2. The van der Waals surface area contributed by atoms with Gasteiger partial charge in [-0.2, -0.15) is 0 Å². The third-order valence-electron chi connectivity index (χ3n) is 7.25. The third-order valence-corrected chi connectivity index (χ3v) is 9.36. The minimum Gasteiger partial charge on any atom is -0.507 e. The van der Waals surface area contributed by atoms with E-state index in [0.29, 0.717) is 39.1 Å². The SMILES string of the molecule is Cc1ccccc1COc1ccc(/C(O)=C2\C(=O)C(=O)N(c3nnc(SCc4ccccc4F)s3)C2c2ccccc2)cc1. The predicted molar refractivity (Wildman–Crippen MR) is 169 cm³/mol. The number of carbonyl (C=O) groups is 2. The lowest BCUT2D eigenvalue weighted by molar-refractivity contribution is -0.132. The number of aromatic nitrogens is 2. The lowest BCUT2D eigenvalue weighted by Gasteiger charge is -2.22. The van der Waals surface area contributed by atoms with Crippen molar-refractivity contribution in [1.82, 2.24) is 10.2 Å². The summed E-state index contributed by atoms with van der Waals surface area (Å²) in [6, 6.07) is 29.2. The number of carbonyl (C=O) groups excluding carboxylic acids is 2. The number of benzene rings is 4. The molecule has 1 aliphatic rings. The minimum atomic E-state index is -0.925. The van der Waals surface area contributed by atoms with Crippen molar-refractivity contribution in [2.75, 3.05) is 4.90 Å². The molecule has 0 saturated carbocycles. The maximum Gasteiger partial charge on any atom is 0.301 e. The number of rotatable bonds is 9. The van der Waals surface area contributed by atoms with E-state index >= 15 is 0 Å². The van der Waals surface area contributed by atoms with Gasteiger partial charge in [-0.15, -0.1) is 10.2 Å². The van der Waals surface area contributed by atoms with E-state index in [-0.39, 0.29) is 22.3 Å². The number of aliphatic hydroxyl groups excluding tert-OH is 1. The molecule has 44 heavy (non-hydrogen) atoms. The van der Waals surface area contributed by atoms with E-state index < -0.39 is 17.7 Å². The van der Waals surface area contributed by atoms with E-state index in [4.69, 9.17) is 4.74 Å². The summed E-state index contributed by atoms with van der Waals surface area (Å²) in [5.74, 6) is -1.34. The van der Waals surface area contributed by atoms with Crippen molar-refractivity contribution in [3.05, 3.63) is 142 Å². The molecule has 5 aromatic rings. The van der Waals surface area contributed by atoms with Crippen molar-refractivity contribution in [3.63, 3.8) is 0 Å². The summed E-state index contributed by atoms with van der Waals surface area (Å²) < 4.78 is 20.6. The monoisotopic (exact) mass is 623 g/mol. The number of halogens is 1. The minimum absolute atomic E-state index is 0.0504. The predicted octanol–water partition coefficient (Wildman–Crippen LogP) is 7.48. The molecule has 0 bridgehead atoms. The Hall–Kier alpha value is -4.80. The molecule has 1 aliphatic heterocycles. The number of hydrogen-bond donors (Lipinski definition) is 1. The van der Waals surface area contributed by atoms with Crippen LogP contribution < -0.4 is 9.64 Å². The zero-order valence-corrected chi connectivity index (χ0v) is 25.1. The van der Waals surface area contributed by atoms with E-state index in [1.165, 1.54) is 22.7 Å². The first-order valence-electron chi connectivity index (χ1n) is 13.7. The van der Waals surface area contributed by atoms with Crippen molar-refractivity contribution < 1.29 is 23.8 Å². The highest BCUT2D eigenvalue weighted by Gasteiger charge is 2.48. The number of aryl methyl sites for hydroxylation is 1. The van der Waals surface area contributed by atoms with E-state index in [9.17, 15) is 19.1 Å². The second kappa shape index (κ2) is 12.8. The average molecular weight is 624 g/mol. The van der Waals surface area contributed by atoms with Gasteiger partial charge in [-0.1, -0.05) is 95.9 Å². The summed E-state index contributed by atoms with van der Waals surface area (Å²) in [7, 11) is 0. The smallest absolute Gasteiger partial charge is 0.301 e. The van der Waals surface area contributed by atoms with Crippen LogP contribution in [0, 0.1) is 12.7 Å². The molecule has 1 atom stereocenters. The molecule has 0 spiro atoms. The molecule has 220 valence electrons. The van der Waals surface area contributed by atoms with Gasteiger partial charge in [0.25, 0.3) is 5.78 Å². The molecule has 2 heterocycles. The standard InChI is InChI=1S/C34H26FN3O4S2/c1-21-9-5-6-12-24(21)19-42-26-17-15-23(16-18-26)30(39)28-29(22-10-3-2-4-11-22)38(32(41)31(28)40)33-36-37-34(44-33)43-20-25-13-7-8-14-27(25)35/h2-18,29,39H,19-20H2,1H3/b30-28+. The van der Waals surface area contributed by atoms with E-state index in [1.54, 1.807) is 66.7 Å². The lowest BCUT2D eigenvalue weighted by Crippen LogP contribution is -2.29. The summed E-state index contributed by atoms with van der Waals surface area (Å²) in [5, 5.41) is 20.0. The number of hydrogen-bond acceptors (Lipinski definition) is 8. The van der Waals surface area contributed by atoms with Crippen LogP contribution in [0.5, 0.6) is 5.75 Å². The molecule has 1 amide bonds. The van der Waals surface area contributed by atoms with Crippen LogP contribution in [0.1, 0.15) is 33.9 Å². The third kappa shape index (κ3) is 5.99. The molecule has 0 radical (unpaired) electrons. The zero-order chi connectivity index (χ0) is 30.6. The van der Waals surface area contributed by atoms with Gasteiger partial charge in [0.05, 0.1) is 11.6 Å². The van der Waals surface area contributed by atoms with E-state index in [2.05, 4.69) is 10.2 Å². The number of anilines is 1. The quantitative estimate of drug-likeness (QED) is 0.0598. The van der Waals surface area contributed by atoms with Gasteiger partial charge >= 0.3 is 5.91 Å². The van der Waals surface area contributed by atoms with Gasteiger partial charge in [0.15, 0.2) is 4.34 Å². The first kappa shape index (κ1) is 29.3. The van der Waals surface area contributed by atoms with Crippen LogP contribution in [0.3, 0.4) is 0 Å². The number of ether oxygens (including phenoxy) is 1. The van der Waals surface area contributed by atoms with Crippen molar-refractivity contribution >= 4 is 45.7 Å². The fourth-order valence-corrected chi connectivity index (χ4v) is 6.75. The molecule has 1 unspecified atom stereocenters. The summed E-state index contributed by atoms with van der Waals surface area (Å²) in [4.78, 5) is 28.2. The van der Waals surface area contributed by atoms with Gasteiger partial charge in [0, 0.05) is 11.3 Å². The van der Waals surface area contributed by atoms with Gasteiger partial charge in [-0.05, 0) is 59.5 Å². The number of nitrogens with zero attached hydrogens (tertiary/aromatic N) is 3. The molecule has 6 rings (SSSR count). The summed E-state index contributed by atoms with van der Waals surface area (Å²) in [6.07, 6.45) is 0. The molecule has 10 heteroatoms. The van der Waals surface area contributed by atoms with Gasteiger partial charge in [0.1, 0.15) is 23.9 Å². The largest absolute Gasteiger partial charge is 0.507 e. The first-order chi connectivity index (χ1) is 21.4. The normalized spacial score (nSPS) is 16.0. The highest BCUT2D eigenvalue weighted by molar-refractivity contribution is 8.00. The van der Waals surface area contributed by atoms with Crippen LogP contribution in [-0.4, -0.2) is 27.0 Å². The topological polar surface area (TPSA) is 92.6 Å². The van der Waals surface area contributed by atoms with Crippen LogP contribution in [0.2, 0.25) is 0 Å². The Bertz CT molecular complexity index is 1860. The van der Waals surface area contributed by atoms with Crippen LogP contribution >= 0.6 is 23.1 Å². The fraction of sp³-hybridized carbons (Fsp3) is 0.118. The first-order valence-corrected chi connectivity index (χ1v) is 15.5. The van der Waals surface area contributed by atoms with Gasteiger partial charge in [0.2, 0.25) is 5.13 Å². The van der Waals surface area contributed by atoms with Gasteiger partial charge in [-0.25, -0.2) is 4.39 Å². The van der Waals surface area contributed by atoms with Crippen molar-refractivity contribution in [2.45, 2.75) is 29.7 Å². The summed E-state index contributed by atoms with van der Waals surface area (Å²) in [5.41, 5.74) is 3.65. The van der Waals surface area contributed by atoms with Gasteiger partial charge < -0.3 is 9.84 Å². The number of aliphatic hydroxyl groups is 1. The summed E-state index contributed by atoms with van der Waals surface area (Å²) in [6.45, 7) is 2.41. The number of Topliss-reactive ketones (excluding diaryl/α,β-unsaturated/α-hetero) is 1. The molecular weight excluding hydrogens is 598 g/mol. The fourth-order valence-electron chi connectivity index (χ4n) is 4.89. The molecule has 1 N–H and O–H groups in total. The highest BCUT2D eigenvalue weighted by Crippen LogP contribution is 2.44. The zero-order valence-electron chi connectivity index (χ0n) is 23.5. The summed E-state index contributed by atoms with van der Waals surface area (Å²) >= 11 is 2.41. The second-order valence-corrected chi connectivity index (χ2v) is 12.2. The molecule has 1 aromatic heterocycles. The Morgan fingerprint density at radius 1 is 0.909 bits per heavy atom. The Morgan fingerprint density at radius 2 is 1.59 bits per heavy atom. The Kier molecular flexibility index (Phi) is 8.53. The Labute approximate surface area is 261 Å². The number of amides is 1. The van der Waals surface area contributed by atoms with E-state index in [0.717, 1.165) is 22.5 Å². The second-order valence-electron chi connectivity index (χ2n) is 10.0. The van der Waals surface area contributed by atoms with Crippen LogP contribution in [0.15, 0.2) is 113 Å². The van der Waals surface area contributed by atoms with Crippen LogP contribution in [0.25, 0.3) is 5.76 Å².